The first kappa shape index (κ1) is 20.7. The molecule has 0 spiro atoms. The van der Waals surface area contributed by atoms with Crippen LogP contribution in [-0.2, 0) is 25.1 Å². The maximum Gasteiger partial charge on any atom is 0.339 e. The summed E-state index contributed by atoms with van der Waals surface area (Å²) in [5.74, 6) is -0.968. The molecule has 2 aromatic rings. The number of carbonyl (C=O) groups is 3. The Morgan fingerprint density at radius 3 is 2.62 bits per heavy atom. The number of hydrogen-bond donors (Lipinski definition) is 1. The van der Waals surface area contributed by atoms with Gasteiger partial charge in [-0.05, 0) is 31.2 Å². The second kappa shape index (κ2) is 9.00. The van der Waals surface area contributed by atoms with Gasteiger partial charge in [-0.1, -0.05) is 31.2 Å². The number of nitrogens with zero attached hydrogens (tertiary/aromatic N) is 1. The fraction of sp³-hybridized carbons (Fsp3) is 0.286. The first-order valence-corrected chi connectivity index (χ1v) is 10.6. The lowest BCUT2D eigenvalue weighted by molar-refractivity contribution is -0.122. The van der Waals surface area contributed by atoms with Gasteiger partial charge in [-0.25, -0.2) is 4.79 Å². The highest BCUT2D eigenvalue weighted by Gasteiger charge is 2.30. The highest BCUT2D eigenvalue weighted by Crippen LogP contribution is 2.31. The maximum atomic E-state index is 12.9. The van der Waals surface area contributed by atoms with Gasteiger partial charge < -0.3 is 15.0 Å². The highest BCUT2D eigenvalue weighted by molar-refractivity contribution is 7.85. The van der Waals surface area contributed by atoms with E-state index in [0.29, 0.717) is 22.0 Å². The second-order valence-corrected chi connectivity index (χ2v) is 8.30. The molecule has 7 nitrogen and oxygen atoms in total. The van der Waals surface area contributed by atoms with E-state index in [4.69, 9.17) is 4.74 Å². The molecule has 0 saturated carbocycles. The monoisotopic (exact) mass is 414 g/mol. The lowest BCUT2D eigenvalue weighted by Crippen LogP contribution is -2.41. The number of nitrogens with one attached hydrogen (secondary N) is 1. The van der Waals surface area contributed by atoms with Gasteiger partial charge in [0.25, 0.3) is 5.91 Å². The molecule has 0 saturated heterocycles. The van der Waals surface area contributed by atoms with Crippen molar-refractivity contribution in [3.8, 4) is 0 Å². The largest absolute Gasteiger partial charge is 0.452 e. The van der Waals surface area contributed by atoms with E-state index in [2.05, 4.69) is 5.32 Å². The Balaban J connectivity index is 1.78. The molecule has 0 aromatic heterocycles. The maximum absolute atomic E-state index is 12.9. The van der Waals surface area contributed by atoms with Gasteiger partial charge in [0.2, 0.25) is 5.91 Å². The minimum atomic E-state index is -1.32. The lowest BCUT2D eigenvalue weighted by Gasteiger charge is -2.27. The minimum absolute atomic E-state index is 0.132. The minimum Gasteiger partial charge on any atom is -0.452 e. The van der Waals surface area contributed by atoms with Gasteiger partial charge in [-0.2, -0.15) is 0 Å². The third kappa shape index (κ3) is 4.54. The number of hydrogen-bond acceptors (Lipinski definition) is 5. The van der Waals surface area contributed by atoms with E-state index in [1.807, 2.05) is 0 Å². The molecular formula is C21H22N2O5S. The molecule has 0 radical (unpaired) electrons. The Hall–Kier alpha value is -3.00. The molecule has 1 N–H and O–H groups in total. The predicted octanol–water partition coefficient (Wildman–Crippen LogP) is 2.73. The number of rotatable bonds is 5. The van der Waals surface area contributed by atoms with E-state index >= 15 is 0 Å². The molecule has 2 amide bonds. The summed E-state index contributed by atoms with van der Waals surface area (Å²) >= 11 is 0. The van der Waals surface area contributed by atoms with E-state index in [-0.39, 0.29) is 17.9 Å². The predicted molar refractivity (Wildman–Crippen MR) is 110 cm³/mol. The lowest BCUT2D eigenvalue weighted by atomic mass is 10.1. The first-order valence-electron chi connectivity index (χ1n) is 9.27. The molecular weight excluding hydrogens is 392 g/mol. The van der Waals surface area contributed by atoms with E-state index in [0.717, 1.165) is 0 Å². The van der Waals surface area contributed by atoms with Crippen LogP contribution < -0.4 is 10.2 Å². The number of amides is 2. The summed E-state index contributed by atoms with van der Waals surface area (Å²) in [6.45, 7) is 3.04. The van der Waals surface area contributed by atoms with Crippen LogP contribution in [0, 0.1) is 0 Å². The van der Waals surface area contributed by atoms with Crippen molar-refractivity contribution in [1.29, 1.82) is 0 Å². The normalized spacial score (nSPS) is 17.0. The van der Waals surface area contributed by atoms with E-state index < -0.39 is 35.3 Å². The van der Waals surface area contributed by atoms with E-state index in [1.165, 1.54) is 11.0 Å². The summed E-state index contributed by atoms with van der Waals surface area (Å²) in [5.41, 5.74) is 1.27. The molecule has 0 aliphatic carbocycles. The van der Waals surface area contributed by atoms with Gasteiger partial charge in [0.05, 0.1) is 32.6 Å². The van der Waals surface area contributed by atoms with Gasteiger partial charge in [0.15, 0.2) is 6.61 Å². The Morgan fingerprint density at radius 2 is 1.86 bits per heavy atom. The smallest absolute Gasteiger partial charge is 0.339 e. The number of benzene rings is 2. The Morgan fingerprint density at radius 1 is 1.17 bits per heavy atom. The quantitative estimate of drug-likeness (QED) is 0.760. The van der Waals surface area contributed by atoms with Crippen LogP contribution >= 0.6 is 0 Å². The molecule has 2 atom stereocenters. The van der Waals surface area contributed by atoms with Crippen molar-refractivity contribution in [2.24, 2.45) is 0 Å². The molecule has 2 aromatic carbocycles. The third-order valence-corrected chi connectivity index (χ3v) is 5.94. The molecule has 1 aliphatic rings. The van der Waals surface area contributed by atoms with Gasteiger partial charge in [0, 0.05) is 18.2 Å². The average molecular weight is 414 g/mol. The summed E-state index contributed by atoms with van der Waals surface area (Å²) in [7, 11) is -1.32. The number of anilines is 2. The topological polar surface area (TPSA) is 92.8 Å². The summed E-state index contributed by atoms with van der Waals surface area (Å²) in [6.07, 6.45) is 0.132. The molecule has 1 aliphatic heterocycles. The van der Waals surface area contributed by atoms with Crippen LogP contribution in [0.1, 0.15) is 30.6 Å². The van der Waals surface area contributed by atoms with Crippen molar-refractivity contribution >= 4 is 40.0 Å². The van der Waals surface area contributed by atoms with Crippen LogP contribution in [0.15, 0.2) is 53.4 Å². The molecule has 8 heteroatoms. The second-order valence-electron chi connectivity index (χ2n) is 6.59. The zero-order valence-electron chi connectivity index (χ0n) is 16.2. The van der Waals surface area contributed by atoms with Crippen LogP contribution in [-0.4, -0.2) is 40.4 Å². The van der Waals surface area contributed by atoms with Crippen LogP contribution in [0.25, 0.3) is 0 Å². The van der Waals surface area contributed by atoms with Gasteiger partial charge in [0.1, 0.15) is 0 Å². The van der Waals surface area contributed by atoms with Crippen LogP contribution in [0.2, 0.25) is 0 Å². The van der Waals surface area contributed by atoms with E-state index in [9.17, 15) is 18.6 Å². The van der Waals surface area contributed by atoms with Crippen molar-refractivity contribution in [1.82, 2.24) is 0 Å². The van der Waals surface area contributed by atoms with Crippen molar-refractivity contribution in [2.75, 3.05) is 22.6 Å². The molecule has 0 fully saturated rings. The van der Waals surface area contributed by atoms with Crippen LogP contribution in [0.3, 0.4) is 0 Å². The van der Waals surface area contributed by atoms with Crippen molar-refractivity contribution in [2.45, 2.75) is 31.2 Å². The zero-order valence-corrected chi connectivity index (χ0v) is 17.0. The number of fused-ring (bicyclic) bond motifs is 1. The van der Waals surface area contributed by atoms with E-state index in [1.54, 1.807) is 56.3 Å². The molecule has 29 heavy (non-hydrogen) atoms. The van der Waals surface area contributed by atoms with Gasteiger partial charge in [-0.3, -0.25) is 13.8 Å². The third-order valence-electron chi connectivity index (χ3n) is 4.57. The summed E-state index contributed by atoms with van der Waals surface area (Å²) in [4.78, 5) is 39.3. The Kier molecular flexibility index (Phi) is 6.43. The van der Waals surface area contributed by atoms with Crippen LogP contribution in [0.4, 0.5) is 11.4 Å². The first-order chi connectivity index (χ1) is 13.9. The number of carbonyl (C=O) groups excluding carboxylic acids is 3. The SMILES string of the molecule is CC[S@](=O)c1ccccc1C(=O)OCC(=O)N1c2ccccc2NC(=O)C[C@@H]1C. The summed E-state index contributed by atoms with van der Waals surface area (Å²) in [5, 5.41) is 2.78. The van der Waals surface area contributed by atoms with Crippen molar-refractivity contribution in [3.63, 3.8) is 0 Å². The molecule has 1 heterocycles. The molecule has 0 unspecified atom stereocenters. The summed E-state index contributed by atoms with van der Waals surface area (Å²) < 4.78 is 17.4. The summed E-state index contributed by atoms with van der Waals surface area (Å²) in [6, 6.07) is 13.1. The Labute approximate surface area is 171 Å². The molecule has 3 rings (SSSR count). The number of para-hydroxylation sites is 2. The highest BCUT2D eigenvalue weighted by atomic mass is 32.2. The van der Waals surface area contributed by atoms with Crippen molar-refractivity contribution < 1.29 is 23.3 Å². The molecule has 152 valence electrons. The van der Waals surface area contributed by atoms with Crippen molar-refractivity contribution in [3.05, 3.63) is 54.1 Å². The van der Waals surface area contributed by atoms with Gasteiger partial charge >= 0.3 is 5.97 Å². The number of ether oxygens (including phenoxy) is 1. The number of esters is 1. The zero-order chi connectivity index (χ0) is 21.0. The van der Waals surface area contributed by atoms with Gasteiger partial charge in [-0.15, -0.1) is 0 Å². The average Bonchev–Trinajstić information content (AvgIpc) is 2.85. The standard InChI is InChI=1S/C21H22N2O5S/c1-3-29(27)18-11-7-4-8-15(18)21(26)28-13-20(25)23-14(2)12-19(24)22-16-9-5-6-10-17(16)23/h4-11,14H,3,12-13H2,1-2H3,(H,22,24)/t14-,29-/m0/s1. The van der Waals surface area contributed by atoms with Crippen LogP contribution in [0.5, 0.6) is 0 Å². The fourth-order valence-electron chi connectivity index (χ4n) is 3.23. The fourth-order valence-corrected chi connectivity index (χ4v) is 4.17. The Bertz CT molecular complexity index is 975. The molecule has 0 bridgehead atoms.